The van der Waals surface area contributed by atoms with Crippen LogP contribution in [-0.2, 0) is 4.79 Å². The molecular weight excluding hydrogens is 250 g/mol. The summed E-state index contributed by atoms with van der Waals surface area (Å²) in [5.74, 6) is 0.118. The topological polar surface area (TPSA) is 49.6 Å². The molecule has 2 unspecified atom stereocenters. The summed E-state index contributed by atoms with van der Waals surface area (Å²) < 4.78 is 0. The van der Waals surface area contributed by atoms with E-state index in [-0.39, 0.29) is 24.4 Å². The third-order valence-electron chi connectivity index (χ3n) is 4.06. The molecule has 4 nitrogen and oxygen atoms in total. The van der Waals surface area contributed by atoms with Crippen molar-refractivity contribution in [2.45, 2.75) is 51.1 Å². The second-order valence-electron chi connectivity index (χ2n) is 5.44. The predicted octanol–water partition coefficient (Wildman–Crippen LogP) is 1.23. The normalized spacial score (nSPS) is 27.4. The van der Waals surface area contributed by atoms with Crippen molar-refractivity contribution < 1.29 is 4.79 Å². The zero-order valence-electron chi connectivity index (χ0n) is 11.3. The number of halogens is 1. The highest BCUT2D eigenvalue weighted by Gasteiger charge is 2.26. The van der Waals surface area contributed by atoms with Crippen molar-refractivity contribution in [3.63, 3.8) is 0 Å². The van der Waals surface area contributed by atoms with Crippen LogP contribution in [0.25, 0.3) is 0 Å². The summed E-state index contributed by atoms with van der Waals surface area (Å²) in [4.78, 5) is 16.4. The first-order valence-corrected chi connectivity index (χ1v) is 6.97. The van der Waals surface area contributed by atoms with E-state index in [1.54, 1.807) is 6.92 Å². The number of carbonyl (C=O) groups excluding carboxylic acids is 1. The number of hydrogen-bond donors (Lipinski definition) is 1. The van der Waals surface area contributed by atoms with Gasteiger partial charge in [-0.25, -0.2) is 0 Å². The number of amides is 1. The van der Waals surface area contributed by atoms with Gasteiger partial charge in [0.2, 0.25) is 5.91 Å². The molecule has 0 radical (unpaired) electrons. The molecule has 0 bridgehead atoms. The van der Waals surface area contributed by atoms with Crippen LogP contribution in [0.3, 0.4) is 0 Å². The minimum Gasteiger partial charge on any atom is -0.341 e. The average molecular weight is 276 g/mol. The summed E-state index contributed by atoms with van der Waals surface area (Å²) in [5.41, 5.74) is 5.67. The molecule has 1 amide bonds. The zero-order valence-corrected chi connectivity index (χ0v) is 12.1. The van der Waals surface area contributed by atoms with E-state index in [0.29, 0.717) is 6.04 Å². The van der Waals surface area contributed by atoms with E-state index >= 15 is 0 Å². The Morgan fingerprint density at radius 2 is 1.78 bits per heavy atom. The van der Waals surface area contributed by atoms with E-state index in [9.17, 15) is 4.79 Å². The molecule has 0 aromatic heterocycles. The Bertz CT molecular complexity index is 267. The molecule has 2 saturated heterocycles. The molecule has 0 aliphatic carbocycles. The Balaban J connectivity index is 0.00000162. The quantitative estimate of drug-likeness (QED) is 0.825. The number of likely N-dealkylation sites (tertiary alicyclic amines) is 2. The van der Waals surface area contributed by atoms with Crippen LogP contribution in [0.1, 0.15) is 39.0 Å². The van der Waals surface area contributed by atoms with Crippen molar-refractivity contribution in [3.05, 3.63) is 0 Å². The van der Waals surface area contributed by atoms with Gasteiger partial charge in [-0.15, -0.1) is 12.4 Å². The van der Waals surface area contributed by atoms with E-state index in [1.165, 1.54) is 32.4 Å². The lowest BCUT2D eigenvalue weighted by molar-refractivity contribution is -0.132. The zero-order chi connectivity index (χ0) is 12.3. The molecule has 0 aromatic carbocycles. The number of hydrogen-bond acceptors (Lipinski definition) is 3. The summed E-state index contributed by atoms with van der Waals surface area (Å²) in [6.07, 6.45) is 6.18. The first-order chi connectivity index (χ1) is 8.18. The monoisotopic (exact) mass is 275 g/mol. The number of rotatable bonds is 2. The average Bonchev–Trinajstić information content (AvgIpc) is 2.73. The maximum Gasteiger partial charge on any atom is 0.239 e. The van der Waals surface area contributed by atoms with Gasteiger partial charge in [0.1, 0.15) is 0 Å². The van der Waals surface area contributed by atoms with Crippen molar-refractivity contribution in [2.75, 3.05) is 26.2 Å². The summed E-state index contributed by atoms with van der Waals surface area (Å²) >= 11 is 0. The molecule has 2 atom stereocenters. The molecular formula is C13H26ClN3O. The van der Waals surface area contributed by atoms with Crippen LogP contribution in [0, 0.1) is 0 Å². The molecule has 0 spiro atoms. The molecule has 2 fully saturated rings. The van der Waals surface area contributed by atoms with E-state index in [0.717, 1.165) is 25.9 Å². The van der Waals surface area contributed by atoms with E-state index in [1.807, 2.05) is 4.90 Å². The van der Waals surface area contributed by atoms with Gasteiger partial charge >= 0.3 is 0 Å². The fourth-order valence-corrected chi connectivity index (χ4v) is 3.06. The molecule has 2 N–H and O–H groups in total. The molecule has 2 heterocycles. The van der Waals surface area contributed by atoms with Crippen molar-refractivity contribution in [2.24, 2.45) is 5.73 Å². The third-order valence-corrected chi connectivity index (χ3v) is 4.06. The van der Waals surface area contributed by atoms with Crippen LogP contribution in [-0.4, -0.2) is 54.0 Å². The fourth-order valence-electron chi connectivity index (χ4n) is 3.06. The third kappa shape index (κ3) is 3.84. The second kappa shape index (κ2) is 7.31. The first kappa shape index (κ1) is 15.7. The Labute approximate surface area is 116 Å². The molecule has 106 valence electrons. The molecule has 0 aromatic rings. The SMILES string of the molecule is CC(N)C(=O)N1CCCC(N2CCCC2)CC1.Cl. The van der Waals surface area contributed by atoms with Gasteiger partial charge in [0.15, 0.2) is 0 Å². The van der Waals surface area contributed by atoms with Gasteiger partial charge in [-0.05, 0) is 52.1 Å². The highest BCUT2D eigenvalue weighted by molar-refractivity contribution is 5.85. The number of carbonyl (C=O) groups is 1. The summed E-state index contributed by atoms with van der Waals surface area (Å²) in [6.45, 7) is 6.08. The van der Waals surface area contributed by atoms with Gasteiger partial charge in [-0.3, -0.25) is 4.79 Å². The Morgan fingerprint density at radius 3 is 2.39 bits per heavy atom. The predicted molar refractivity (Wildman–Crippen MR) is 75.9 cm³/mol. The van der Waals surface area contributed by atoms with Gasteiger partial charge < -0.3 is 15.5 Å². The van der Waals surface area contributed by atoms with E-state index in [2.05, 4.69) is 4.90 Å². The molecule has 2 rings (SSSR count). The Kier molecular flexibility index (Phi) is 6.39. The standard InChI is InChI=1S/C13H25N3O.ClH/c1-11(14)13(17)16-9-4-5-12(6-10-16)15-7-2-3-8-15;/h11-12H,2-10,14H2,1H3;1H. The molecule has 0 saturated carbocycles. The van der Waals surface area contributed by atoms with Crippen LogP contribution in [0.2, 0.25) is 0 Å². The van der Waals surface area contributed by atoms with Gasteiger partial charge in [-0.2, -0.15) is 0 Å². The first-order valence-electron chi connectivity index (χ1n) is 6.97. The summed E-state index contributed by atoms with van der Waals surface area (Å²) in [7, 11) is 0. The lowest BCUT2D eigenvalue weighted by Gasteiger charge is -2.26. The molecule has 2 aliphatic heterocycles. The largest absolute Gasteiger partial charge is 0.341 e. The van der Waals surface area contributed by atoms with Gasteiger partial charge in [0.25, 0.3) is 0 Å². The lowest BCUT2D eigenvalue weighted by Crippen LogP contribution is -2.43. The lowest BCUT2D eigenvalue weighted by atomic mass is 10.1. The van der Waals surface area contributed by atoms with Gasteiger partial charge in [-0.1, -0.05) is 0 Å². The van der Waals surface area contributed by atoms with Gasteiger partial charge in [0.05, 0.1) is 6.04 Å². The maximum atomic E-state index is 11.9. The van der Waals surface area contributed by atoms with E-state index < -0.39 is 0 Å². The van der Waals surface area contributed by atoms with Crippen molar-refractivity contribution in [3.8, 4) is 0 Å². The minimum atomic E-state index is -0.349. The number of nitrogens with two attached hydrogens (primary N) is 1. The Morgan fingerprint density at radius 1 is 1.11 bits per heavy atom. The van der Waals surface area contributed by atoms with Crippen LogP contribution < -0.4 is 5.73 Å². The molecule has 2 aliphatic rings. The summed E-state index contributed by atoms with van der Waals surface area (Å²) in [5, 5.41) is 0. The maximum absolute atomic E-state index is 11.9. The Hall–Kier alpha value is -0.320. The fraction of sp³-hybridized carbons (Fsp3) is 0.923. The minimum absolute atomic E-state index is 0. The second-order valence-corrected chi connectivity index (χ2v) is 5.44. The van der Waals surface area contributed by atoms with Crippen LogP contribution in [0.5, 0.6) is 0 Å². The highest BCUT2D eigenvalue weighted by Crippen LogP contribution is 2.21. The number of nitrogens with zero attached hydrogens (tertiary/aromatic N) is 2. The smallest absolute Gasteiger partial charge is 0.239 e. The van der Waals surface area contributed by atoms with Gasteiger partial charge in [0, 0.05) is 19.1 Å². The summed E-state index contributed by atoms with van der Waals surface area (Å²) in [6, 6.07) is 0.349. The van der Waals surface area contributed by atoms with Crippen molar-refractivity contribution >= 4 is 18.3 Å². The van der Waals surface area contributed by atoms with Crippen molar-refractivity contribution in [1.82, 2.24) is 9.80 Å². The van der Waals surface area contributed by atoms with Crippen molar-refractivity contribution in [1.29, 1.82) is 0 Å². The van der Waals surface area contributed by atoms with Crippen LogP contribution >= 0.6 is 12.4 Å². The van der Waals surface area contributed by atoms with Crippen LogP contribution in [0.4, 0.5) is 0 Å². The molecule has 18 heavy (non-hydrogen) atoms. The highest BCUT2D eigenvalue weighted by atomic mass is 35.5. The van der Waals surface area contributed by atoms with E-state index in [4.69, 9.17) is 5.73 Å². The molecule has 5 heteroatoms. The van der Waals surface area contributed by atoms with Crippen LogP contribution in [0.15, 0.2) is 0 Å².